The van der Waals surface area contributed by atoms with Gasteiger partial charge >= 0.3 is 0 Å². The van der Waals surface area contributed by atoms with Crippen LogP contribution in [0.15, 0.2) is 17.0 Å². The topological polar surface area (TPSA) is 103 Å². The van der Waals surface area contributed by atoms with Gasteiger partial charge in [0.1, 0.15) is 0 Å². The number of benzene rings is 1. The maximum absolute atomic E-state index is 10.7. The van der Waals surface area contributed by atoms with Crippen LogP contribution in [0.25, 0.3) is 0 Å². The van der Waals surface area contributed by atoms with Gasteiger partial charge in [-0.05, 0) is 0 Å². The number of hydrogen-bond donors (Lipinski definition) is 1. The standard InChI is InChI=1S/C8H8Cl2N2O4S2/c9-6-3-5(12(13)14)4-7(10)8(6)17-1-2-18(11,15)16/h3-4H,1-2H2,(H2,11,15,16). The third-order valence-electron chi connectivity index (χ3n) is 1.81. The van der Waals surface area contributed by atoms with Crippen molar-refractivity contribution in [2.45, 2.75) is 4.90 Å². The minimum atomic E-state index is -3.56. The second kappa shape index (κ2) is 6.07. The maximum Gasteiger partial charge on any atom is 0.272 e. The van der Waals surface area contributed by atoms with E-state index >= 15 is 0 Å². The number of halogens is 2. The SMILES string of the molecule is NS(=O)(=O)CCSc1c(Cl)cc([N+](=O)[O-])cc1Cl. The molecule has 0 saturated carbocycles. The molecule has 0 spiro atoms. The van der Waals surface area contributed by atoms with E-state index in [1.807, 2.05) is 0 Å². The van der Waals surface area contributed by atoms with Crippen LogP contribution in [0.4, 0.5) is 5.69 Å². The Bertz CT molecular complexity index is 553. The van der Waals surface area contributed by atoms with Crippen LogP contribution in [0.3, 0.4) is 0 Å². The van der Waals surface area contributed by atoms with Crippen molar-refractivity contribution >= 4 is 50.7 Å². The van der Waals surface area contributed by atoms with Crippen LogP contribution in [-0.2, 0) is 10.0 Å². The van der Waals surface area contributed by atoms with Crippen LogP contribution in [0.1, 0.15) is 0 Å². The molecule has 0 aromatic heterocycles. The predicted octanol–water partition coefficient (Wildman–Crippen LogP) is 2.28. The molecule has 1 aromatic rings. The fraction of sp³-hybridized carbons (Fsp3) is 0.250. The molecule has 0 aliphatic rings. The van der Waals surface area contributed by atoms with Crippen molar-refractivity contribution in [2.75, 3.05) is 11.5 Å². The predicted molar refractivity (Wildman–Crippen MR) is 71.8 cm³/mol. The fourth-order valence-electron chi connectivity index (χ4n) is 1.05. The number of non-ortho nitro benzene ring substituents is 1. The van der Waals surface area contributed by atoms with Gasteiger partial charge in [-0.2, -0.15) is 0 Å². The number of nitrogens with two attached hydrogens (primary N) is 1. The maximum atomic E-state index is 10.7. The monoisotopic (exact) mass is 330 g/mol. The van der Waals surface area contributed by atoms with E-state index in [2.05, 4.69) is 0 Å². The first-order valence-electron chi connectivity index (χ1n) is 4.47. The van der Waals surface area contributed by atoms with Crippen molar-refractivity contribution < 1.29 is 13.3 Å². The summed E-state index contributed by atoms with van der Waals surface area (Å²) in [6.07, 6.45) is 0. The summed E-state index contributed by atoms with van der Waals surface area (Å²) >= 11 is 12.8. The van der Waals surface area contributed by atoms with E-state index < -0.39 is 14.9 Å². The highest BCUT2D eigenvalue weighted by molar-refractivity contribution is 8.00. The molecule has 0 atom stereocenters. The molecule has 0 unspecified atom stereocenters. The fourth-order valence-corrected chi connectivity index (χ4v) is 3.71. The van der Waals surface area contributed by atoms with Crippen LogP contribution >= 0.6 is 35.0 Å². The Morgan fingerprint density at radius 3 is 2.22 bits per heavy atom. The number of thioether (sulfide) groups is 1. The number of nitrogens with zero attached hydrogens (tertiary/aromatic N) is 1. The summed E-state index contributed by atoms with van der Waals surface area (Å²) < 4.78 is 21.5. The molecule has 10 heteroatoms. The number of primary sulfonamides is 1. The van der Waals surface area contributed by atoms with E-state index in [0.29, 0.717) is 4.90 Å². The normalized spacial score (nSPS) is 11.5. The molecule has 0 fully saturated rings. The molecule has 1 rings (SSSR count). The van der Waals surface area contributed by atoms with Crippen molar-refractivity contribution in [1.82, 2.24) is 0 Å². The summed E-state index contributed by atoms with van der Waals surface area (Å²) in [4.78, 5) is 10.3. The Morgan fingerprint density at radius 2 is 1.83 bits per heavy atom. The van der Waals surface area contributed by atoms with E-state index in [1.165, 1.54) is 0 Å². The number of sulfonamides is 1. The second-order valence-corrected chi connectivity index (χ2v) is 6.86. The molecule has 0 saturated heterocycles. The van der Waals surface area contributed by atoms with Gasteiger partial charge in [0.2, 0.25) is 10.0 Å². The van der Waals surface area contributed by atoms with Crippen molar-refractivity contribution in [2.24, 2.45) is 5.14 Å². The first-order chi connectivity index (χ1) is 8.20. The van der Waals surface area contributed by atoms with Gasteiger partial charge in [-0.25, -0.2) is 13.6 Å². The van der Waals surface area contributed by atoms with Crippen LogP contribution in [0, 0.1) is 10.1 Å². The largest absolute Gasteiger partial charge is 0.272 e. The molecular weight excluding hydrogens is 323 g/mol. The Hall–Kier alpha value is -0.540. The molecule has 2 N–H and O–H groups in total. The number of nitro groups is 1. The highest BCUT2D eigenvalue weighted by Gasteiger charge is 2.15. The lowest BCUT2D eigenvalue weighted by Crippen LogP contribution is -2.17. The lowest BCUT2D eigenvalue weighted by molar-refractivity contribution is -0.384. The molecular formula is C8H8Cl2N2O4S2. The van der Waals surface area contributed by atoms with Crippen molar-refractivity contribution in [3.05, 3.63) is 32.3 Å². The minimum absolute atomic E-state index is 0.105. The number of hydrogen-bond acceptors (Lipinski definition) is 5. The third-order valence-corrected chi connectivity index (χ3v) is 4.80. The van der Waals surface area contributed by atoms with Gasteiger partial charge < -0.3 is 0 Å². The van der Waals surface area contributed by atoms with Crippen LogP contribution < -0.4 is 5.14 Å². The first-order valence-corrected chi connectivity index (χ1v) is 7.93. The summed E-state index contributed by atoms with van der Waals surface area (Å²) in [5.74, 6) is -0.0720. The smallest absolute Gasteiger partial charge is 0.258 e. The Labute approximate surface area is 118 Å². The van der Waals surface area contributed by atoms with E-state index in [4.69, 9.17) is 28.3 Å². The molecule has 100 valence electrons. The highest BCUT2D eigenvalue weighted by Crippen LogP contribution is 2.37. The van der Waals surface area contributed by atoms with Gasteiger partial charge in [-0.15, -0.1) is 11.8 Å². The van der Waals surface area contributed by atoms with Gasteiger partial charge in [0.15, 0.2) is 0 Å². The van der Waals surface area contributed by atoms with Gasteiger partial charge in [-0.3, -0.25) is 10.1 Å². The van der Waals surface area contributed by atoms with Crippen molar-refractivity contribution in [3.63, 3.8) is 0 Å². The second-order valence-electron chi connectivity index (χ2n) is 3.21. The first kappa shape index (κ1) is 15.5. The lowest BCUT2D eigenvalue weighted by Gasteiger charge is -2.06. The molecule has 0 heterocycles. The van der Waals surface area contributed by atoms with Gasteiger partial charge in [-0.1, -0.05) is 23.2 Å². The molecule has 0 aliphatic heterocycles. The molecule has 0 amide bonds. The van der Waals surface area contributed by atoms with Gasteiger partial charge in [0.25, 0.3) is 5.69 Å². The Morgan fingerprint density at radius 1 is 1.33 bits per heavy atom. The Balaban J connectivity index is 2.87. The Kier molecular flexibility index (Phi) is 5.23. The molecule has 1 aromatic carbocycles. The van der Waals surface area contributed by atoms with Crippen LogP contribution in [0.2, 0.25) is 10.0 Å². The van der Waals surface area contributed by atoms with Gasteiger partial charge in [0, 0.05) is 22.8 Å². The third kappa shape index (κ3) is 4.62. The average Bonchev–Trinajstić information content (AvgIpc) is 2.20. The highest BCUT2D eigenvalue weighted by atomic mass is 35.5. The van der Waals surface area contributed by atoms with E-state index in [0.717, 1.165) is 23.9 Å². The quantitative estimate of drug-likeness (QED) is 0.506. The van der Waals surface area contributed by atoms with E-state index in [-0.39, 0.29) is 27.2 Å². The summed E-state index contributed by atoms with van der Waals surface area (Å²) in [5.41, 5.74) is -0.221. The summed E-state index contributed by atoms with van der Waals surface area (Å²) in [7, 11) is -3.56. The number of nitro benzene ring substituents is 1. The lowest BCUT2D eigenvalue weighted by atomic mass is 10.3. The molecule has 0 aliphatic carbocycles. The summed E-state index contributed by atoms with van der Waals surface area (Å²) in [6.45, 7) is 0. The van der Waals surface area contributed by atoms with E-state index in [1.54, 1.807) is 0 Å². The zero-order valence-electron chi connectivity index (χ0n) is 8.80. The molecule has 6 nitrogen and oxygen atoms in total. The van der Waals surface area contributed by atoms with Gasteiger partial charge in [0.05, 0.1) is 20.7 Å². The number of rotatable bonds is 5. The average molecular weight is 331 g/mol. The van der Waals surface area contributed by atoms with Crippen LogP contribution in [-0.4, -0.2) is 24.8 Å². The van der Waals surface area contributed by atoms with Crippen LogP contribution in [0.5, 0.6) is 0 Å². The zero-order valence-corrected chi connectivity index (χ0v) is 11.9. The van der Waals surface area contributed by atoms with Crippen molar-refractivity contribution in [3.8, 4) is 0 Å². The molecule has 18 heavy (non-hydrogen) atoms. The minimum Gasteiger partial charge on any atom is -0.258 e. The molecule has 0 bridgehead atoms. The van der Waals surface area contributed by atoms with Crippen molar-refractivity contribution in [1.29, 1.82) is 0 Å². The molecule has 0 radical (unpaired) electrons. The summed E-state index contributed by atoms with van der Waals surface area (Å²) in [6, 6.07) is 2.32. The summed E-state index contributed by atoms with van der Waals surface area (Å²) in [5, 5.41) is 15.6. The van der Waals surface area contributed by atoms with E-state index in [9.17, 15) is 18.5 Å². The zero-order chi connectivity index (χ0) is 13.9.